The van der Waals surface area contributed by atoms with Crippen LogP contribution in [0.5, 0.6) is 17.2 Å². The summed E-state index contributed by atoms with van der Waals surface area (Å²) in [5.41, 5.74) is 1.90. The van der Waals surface area contributed by atoms with Crippen molar-refractivity contribution in [2.75, 3.05) is 20.8 Å². The fourth-order valence-electron chi connectivity index (χ4n) is 3.98. The molecule has 2 aromatic rings. The lowest BCUT2D eigenvalue weighted by Crippen LogP contribution is -2.64. The number of fused-ring (bicyclic) bond motifs is 4. The molecule has 0 aliphatic carbocycles. The van der Waals surface area contributed by atoms with Gasteiger partial charge in [-0.15, -0.1) is 0 Å². The Morgan fingerprint density at radius 2 is 1.96 bits per heavy atom. The highest BCUT2D eigenvalue weighted by Gasteiger charge is 2.47. The summed E-state index contributed by atoms with van der Waals surface area (Å²) in [5, 5.41) is 4.23. The van der Waals surface area contributed by atoms with Crippen LogP contribution in [0.2, 0.25) is 0 Å². The van der Waals surface area contributed by atoms with Gasteiger partial charge in [0.1, 0.15) is 5.75 Å². The van der Waals surface area contributed by atoms with E-state index in [1.54, 1.807) is 14.2 Å². The second-order valence-electron chi connectivity index (χ2n) is 7.11. The van der Waals surface area contributed by atoms with Gasteiger partial charge >= 0.3 is 0 Å². The average molecular weight is 385 g/mol. The Balaban J connectivity index is 1.54. The zero-order valence-electron chi connectivity index (χ0n) is 15.8. The van der Waals surface area contributed by atoms with Gasteiger partial charge in [-0.25, -0.2) is 0 Å². The Hall–Kier alpha value is -2.47. The summed E-state index contributed by atoms with van der Waals surface area (Å²) in [4.78, 5) is 2.16. The Kier molecular flexibility index (Phi) is 4.60. The molecule has 6 heteroatoms. The van der Waals surface area contributed by atoms with Crippen LogP contribution in [-0.2, 0) is 6.42 Å². The van der Waals surface area contributed by atoms with Gasteiger partial charge < -0.3 is 24.4 Å². The lowest BCUT2D eigenvalue weighted by molar-refractivity contribution is -0.0676. The topological polar surface area (TPSA) is 43.0 Å². The SMILES string of the molecule is COc1ccc(CCN2C(=S)N[C@@H]3C[C@]2(C)Oc2ccccc23)cc1OC. The summed E-state index contributed by atoms with van der Waals surface area (Å²) in [6.45, 7) is 2.88. The first-order valence-corrected chi connectivity index (χ1v) is 9.52. The molecular formula is C21H24N2O3S. The van der Waals surface area contributed by atoms with Crippen molar-refractivity contribution in [3.8, 4) is 17.2 Å². The van der Waals surface area contributed by atoms with E-state index in [1.807, 2.05) is 30.3 Å². The Morgan fingerprint density at radius 1 is 1.19 bits per heavy atom. The molecule has 0 radical (unpaired) electrons. The molecule has 0 spiro atoms. The van der Waals surface area contributed by atoms with Crippen molar-refractivity contribution >= 4 is 17.3 Å². The van der Waals surface area contributed by atoms with Gasteiger partial charge in [0, 0.05) is 18.5 Å². The highest BCUT2D eigenvalue weighted by molar-refractivity contribution is 7.80. The Bertz CT molecular complexity index is 872. The molecule has 0 aromatic heterocycles. The summed E-state index contributed by atoms with van der Waals surface area (Å²) >= 11 is 5.68. The highest BCUT2D eigenvalue weighted by atomic mass is 32.1. The van der Waals surface area contributed by atoms with Crippen LogP contribution in [0.15, 0.2) is 42.5 Å². The first-order chi connectivity index (χ1) is 13.0. The van der Waals surface area contributed by atoms with E-state index in [0.29, 0.717) is 0 Å². The molecule has 4 rings (SSSR count). The van der Waals surface area contributed by atoms with Crippen LogP contribution < -0.4 is 19.5 Å². The first-order valence-electron chi connectivity index (χ1n) is 9.11. The van der Waals surface area contributed by atoms with E-state index in [2.05, 4.69) is 29.3 Å². The van der Waals surface area contributed by atoms with Gasteiger partial charge in [-0.05, 0) is 49.3 Å². The number of methoxy groups -OCH3 is 2. The quantitative estimate of drug-likeness (QED) is 0.794. The predicted molar refractivity (Wildman–Crippen MR) is 109 cm³/mol. The van der Waals surface area contributed by atoms with Gasteiger partial charge in [0.05, 0.1) is 20.3 Å². The molecule has 2 atom stereocenters. The minimum atomic E-state index is -0.447. The van der Waals surface area contributed by atoms with Crippen molar-refractivity contribution in [1.82, 2.24) is 10.2 Å². The first kappa shape index (κ1) is 17.9. The third-order valence-corrected chi connectivity index (χ3v) is 5.73. The van der Waals surface area contributed by atoms with E-state index in [-0.39, 0.29) is 6.04 Å². The van der Waals surface area contributed by atoms with Crippen molar-refractivity contribution in [2.45, 2.75) is 31.5 Å². The van der Waals surface area contributed by atoms with Gasteiger partial charge in [0.25, 0.3) is 0 Å². The number of hydrogen-bond donors (Lipinski definition) is 1. The summed E-state index contributed by atoms with van der Waals surface area (Å²) in [5.74, 6) is 2.41. The number of hydrogen-bond acceptors (Lipinski definition) is 4. The minimum Gasteiger partial charge on any atom is -0.493 e. The third-order valence-electron chi connectivity index (χ3n) is 5.39. The molecule has 5 nitrogen and oxygen atoms in total. The largest absolute Gasteiger partial charge is 0.493 e. The number of thiocarbonyl (C=S) groups is 1. The molecule has 2 heterocycles. The van der Waals surface area contributed by atoms with E-state index >= 15 is 0 Å². The van der Waals surface area contributed by atoms with Gasteiger partial charge in [-0.2, -0.15) is 0 Å². The van der Waals surface area contributed by atoms with E-state index < -0.39 is 5.72 Å². The molecule has 0 unspecified atom stereocenters. The van der Waals surface area contributed by atoms with Gasteiger partial charge in [-0.1, -0.05) is 24.3 Å². The maximum Gasteiger partial charge on any atom is 0.184 e. The van der Waals surface area contributed by atoms with Crippen LogP contribution in [0.25, 0.3) is 0 Å². The maximum absolute atomic E-state index is 6.40. The summed E-state index contributed by atoms with van der Waals surface area (Å²) in [7, 11) is 3.30. The smallest absolute Gasteiger partial charge is 0.184 e. The highest BCUT2D eigenvalue weighted by Crippen LogP contribution is 2.43. The van der Waals surface area contributed by atoms with Gasteiger partial charge in [-0.3, -0.25) is 0 Å². The number of para-hydroxylation sites is 1. The molecule has 27 heavy (non-hydrogen) atoms. The molecule has 1 N–H and O–H groups in total. The molecule has 142 valence electrons. The van der Waals surface area contributed by atoms with Crippen molar-refractivity contribution in [2.24, 2.45) is 0 Å². The van der Waals surface area contributed by atoms with Crippen molar-refractivity contribution in [1.29, 1.82) is 0 Å². The zero-order chi connectivity index (χ0) is 19.0. The maximum atomic E-state index is 6.40. The normalized spacial score (nSPS) is 23.1. The minimum absolute atomic E-state index is 0.199. The zero-order valence-corrected chi connectivity index (χ0v) is 16.6. The van der Waals surface area contributed by atoms with E-state index in [9.17, 15) is 0 Å². The van der Waals surface area contributed by atoms with Crippen LogP contribution in [0.3, 0.4) is 0 Å². The number of rotatable bonds is 5. The number of ether oxygens (including phenoxy) is 3. The molecule has 2 aromatic carbocycles. The van der Waals surface area contributed by atoms with Crippen LogP contribution in [-0.4, -0.2) is 36.5 Å². The molecule has 0 saturated carbocycles. The van der Waals surface area contributed by atoms with Gasteiger partial charge in [0.15, 0.2) is 22.3 Å². The van der Waals surface area contributed by atoms with Crippen LogP contribution >= 0.6 is 12.2 Å². The second kappa shape index (κ2) is 6.93. The average Bonchev–Trinajstić information content (AvgIpc) is 2.67. The molecule has 2 bridgehead atoms. The van der Waals surface area contributed by atoms with Crippen molar-refractivity contribution < 1.29 is 14.2 Å². The monoisotopic (exact) mass is 384 g/mol. The van der Waals surface area contributed by atoms with Crippen LogP contribution in [0, 0.1) is 0 Å². The van der Waals surface area contributed by atoms with Crippen molar-refractivity contribution in [3.05, 3.63) is 53.6 Å². The van der Waals surface area contributed by atoms with Crippen LogP contribution in [0.4, 0.5) is 0 Å². The summed E-state index contributed by atoms with van der Waals surface area (Å²) in [6, 6.07) is 14.4. The lowest BCUT2D eigenvalue weighted by atomic mass is 9.90. The Labute approximate surface area is 165 Å². The number of nitrogens with zero attached hydrogens (tertiary/aromatic N) is 1. The van der Waals surface area contributed by atoms with Gasteiger partial charge in [0.2, 0.25) is 0 Å². The Morgan fingerprint density at radius 3 is 2.74 bits per heavy atom. The molecule has 1 fully saturated rings. The van der Waals surface area contributed by atoms with E-state index in [0.717, 1.165) is 47.3 Å². The fourth-order valence-corrected chi connectivity index (χ4v) is 4.41. The lowest BCUT2D eigenvalue weighted by Gasteiger charge is -2.52. The molecule has 2 aliphatic heterocycles. The second-order valence-corrected chi connectivity index (χ2v) is 7.50. The van der Waals surface area contributed by atoms with Crippen molar-refractivity contribution in [3.63, 3.8) is 0 Å². The fraction of sp³-hybridized carbons (Fsp3) is 0.381. The molecule has 1 saturated heterocycles. The number of nitrogens with one attached hydrogen (secondary N) is 1. The molecule has 0 amide bonds. The third kappa shape index (κ3) is 3.18. The van der Waals surface area contributed by atoms with Crippen LogP contribution in [0.1, 0.15) is 30.5 Å². The summed E-state index contributed by atoms with van der Waals surface area (Å²) in [6.07, 6.45) is 1.68. The predicted octanol–water partition coefficient (Wildman–Crippen LogP) is 3.68. The molecular weight excluding hydrogens is 360 g/mol. The van der Waals surface area contributed by atoms with E-state index in [4.69, 9.17) is 26.4 Å². The summed E-state index contributed by atoms with van der Waals surface area (Å²) < 4.78 is 17.1. The number of benzene rings is 2. The molecule has 2 aliphatic rings. The van der Waals surface area contributed by atoms with E-state index in [1.165, 1.54) is 5.56 Å². The standard InChI is InChI=1S/C21H24N2O3S/c1-21-13-16(15-6-4-5-7-17(15)26-21)22-20(27)23(21)11-10-14-8-9-18(24-2)19(12-14)25-3/h4-9,12,16H,10-11,13H2,1-3H3,(H,22,27)/t16-,21+/m1/s1.